The molecule has 0 fully saturated rings. The van der Waals surface area contributed by atoms with Gasteiger partial charge in [0.25, 0.3) is 5.69 Å². The number of halogens is 1. The largest absolute Gasteiger partial charge is 0.380 e. The highest BCUT2D eigenvalue weighted by Crippen LogP contribution is 2.32. The number of hydrogen-bond acceptors (Lipinski definition) is 5. The van der Waals surface area contributed by atoms with E-state index in [9.17, 15) is 14.5 Å². The van der Waals surface area contributed by atoms with Gasteiger partial charge in [-0.05, 0) is 25.7 Å². The molecule has 112 valence electrons. The third-order valence-electron chi connectivity index (χ3n) is 3.35. The molecular weight excluding hydrogens is 275 g/mol. The molecule has 0 amide bonds. The Kier molecular flexibility index (Phi) is 4.64. The van der Waals surface area contributed by atoms with Crippen molar-refractivity contribution in [1.29, 1.82) is 0 Å². The first-order valence-electron chi connectivity index (χ1n) is 6.68. The number of hydrogen-bond donors (Lipinski definition) is 1. The molecule has 0 aliphatic rings. The van der Waals surface area contributed by atoms with Crippen LogP contribution < -0.4 is 5.32 Å². The number of rotatable bonds is 6. The zero-order chi connectivity index (χ0) is 15.4. The summed E-state index contributed by atoms with van der Waals surface area (Å²) in [6, 6.07) is 4.11. The molecule has 0 atom stereocenters. The number of non-ortho nitro benzene ring substituents is 1. The minimum atomic E-state index is -0.660. The van der Waals surface area contributed by atoms with Gasteiger partial charge >= 0.3 is 0 Å². The van der Waals surface area contributed by atoms with Crippen molar-refractivity contribution in [1.82, 2.24) is 9.88 Å². The maximum absolute atomic E-state index is 14.1. The van der Waals surface area contributed by atoms with Crippen molar-refractivity contribution in [3.8, 4) is 0 Å². The van der Waals surface area contributed by atoms with Crippen LogP contribution in [0.5, 0.6) is 0 Å². The van der Waals surface area contributed by atoms with Gasteiger partial charge in [0, 0.05) is 19.3 Å². The van der Waals surface area contributed by atoms with Gasteiger partial charge in [-0.25, -0.2) is 4.39 Å². The summed E-state index contributed by atoms with van der Waals surface area (Å²) in [5.41, 5.74) is 0.218. The van der Waals surface area contributed by atoms with Crippen LogP contribution in [0.25, 0.3) is 10.9 Å². The number of aromatic nitrogens is 1. The monoisotopic (exact) mass is 292 g/mol. The first kappa shape index (κ1) is 15.1. The molecule has 1 aromatic heterocycles. The van der Waals surface area contributed by atoms with Gasteiger partial charge in [-0.1, -0.05) is 6.92 Å². The van der Waals surface area contributed by atoms with Gasteiger partial charge in [0.15, 0.2) is 5.82 Å². The van der Waals surface area contributed by atoms with Crippen molar-refractivity contribution >= 4 is 22.3 Å². The van der Waals surface area contributed by atoms with Crippen LogP contribution in [0.3, 0.4) is 0 Å². The summed E-state index contributed by atoms with van der Waals surface area (Å²) in [5, 5.41) is 14.3. The Balaban J connectivity index is 2.38. The van der Waals surface area contributed by atoms with Crippen molar-refractivity contribution in [3.63, 3.8) is 0 Å². The van der Waals surface area contributed by atoms with E-state index in [4.69, 9.17) is 0 Å². The lowest BCUT2D eigenvalue weighted by Crippen LogP contribution is -2.25. The molecule has 7 heteroatoms. The zero-order valence-electron chi connectivity index (χ0n) is 12.0. The summed E-state index contributed by atoms with van der Waals surface area (Å²) < 4.78 is 14.1. The van der Waals surface area contributed by atoms with E-state index in [2.05, 4.69) is 15.2 Å². The summed E-state index contributed by atoms with van der Waals surface area (Å²) in [7, 11) is 1.96. The molecule has 1 aromatic carbocycles. The van der Waals surface area contributed by atoms with E-state index < -0.39 is 10.7 Å². The Labute approximate surface area is 121 Å². The third-order valence-corrected chi connectivity index (χ3v) is 3.35. The maximum atomic E-state index is 14.1. The molecule has 21 heavy (non-hydrogen) atoms. The van der Waals surface area contributed by atoms with E-state index in [0.717, 1.165) is 19.2 Å². The second-order valence-electron chi connectivity index (χ2n) is 4.73. The Hall–Kier alpha value is -2.28. The average Bonchev–Trinajstić information content (AvgIpc) is 2.48. The summed E-state index contributed by atoms with van der Waals surface area (Å²) in [4.78, 5) is 16.6. The molecule has 0 saturated heterocycles. The minimum absolute atomic E-state index is 0.209. The van der Waals surface area contributed by atoms with Crippen LogP contribution in [0.4, 0.5) is 15.8 Å². The Bertz CT molecular complexity index is 663. The van der Waals surface area contributed by atoms with Gasteiger partial charge in [0.05, 0.1) is 22.1 Å². The number of likely N-dealkylation sites (N-methyl/N-ethyl adjacent to an activating group) is 1. The molecule has 0 saturated carbocycles. The molecule has 0 unspecified atom stereocenters. The van der Waals surface area contributed by atoms with Crippen molar-refractivity contribution in [2.75, 3.05) is 32.0 Å². The van der Waals surface area contributed by atoms with Crippen LogP contribution in [-0.2, 0) is 0 Å². The highest BCUT2D eigenvalue weighted by atomic mass is 19.1. The fourth-order valence-electron chi connectivity index (χ4n) is 2.04. The molecule has 0 bridgehead atoms. The topological polar surface area (TPSA) is 71.3 Å². The van der Waals surface area contributed by atoms with Crippen LogP contribution in [0.15, 0.2) is 24.4 Å². The van der Waals surface area contributed by atoms with E-state index >= 15 is 0 Å². The lowest BCUT2D eigenvalue weighted by atomic mass is 10.1. The second kappa shape index (κ2) is 6.45. The van der Waals surface area contributed by atoms with Gasteiger partial charge < -0.3 is 10.2 Å². The van der Waals surface area contributed by atoms with Gasteiger partial charge in [0.1, 0.15) is 5.52 Å². The number of anilines is 1. The highest BCUT2D eigenvalue weighted by Gasteiger charge is 2.19. The van der Waals surface area contributed by atoms with Gasteiger partial charge in [-0.3, -0.25) is 15.1 Å². The van der Waals surface area contributed by atoms with Crippen LogP contribution >= 0.6 is 0 Å². The first-order chi connectivity index (χ1) is 10.0. The third kappa shape index (κ3) is 3.25. The van der Waals surface area contributed by atoms with Crippen LogP contribution in [-0.4, -0.2) is 41.5 Å². The number of pyridine rings is 1. The molecule has 1 heterocycles. The number of fused-ring (bicyclic) bond motifs is 1. The number of nitrogens with one attached hydrogen (secondary N) is 1. The van der Waals surface area contributed by atoms with Crippen molar-refractivity contribution < 1.29 is 9.31 Å². The average molecular weight is 292 g/mol. The highest BCUT2D eigenvalue weighted by molar-refractivity contribution is 5.97. The quantitative estimate of drug-likeness (QED) is 0.654. The van der Waals surface area contributed by atoms with Crippen molar-refractivity contribution in [3.05, 3.63) is 40.3 Å². The normalized spacial score (nSPS) is 11.0. The summed E-state index contributed by atoms with van der Waals surface area (Å²) in [5.74, 6) is -0.660. The molecule has 2 rings (SSSR count). The molecule has 0 radical (unpaired) electrons. The molecule has 0 spiro atoms. The Morgan fingerprint density at radius 2 is 2.29 bits per heavy atom. The Morgan fingerprint density at radius 1 is 1.52 bits per heavy atom. The van der Waals surface area contributed by atoms with E-state index in [1.54, 1.807) is 12.1 Å². The second-order valence-corrected chi connectivity index (χ2v) is 4.73. The smallest absolute Gasteiger partial charge is 0.281 e. The maximum Gasteiger partial charge on any atom is 0.281 e. The van der Waals surface area contributed by atoms with Crippen LogP contribution in [0.2, 0.25) is 0 Å². The summed E-state index contributed by atoms with van der Waals surface area (Å²) in [6.07, 6.45) is 1.49. The lowest BCUT2D eigenvalue weighted by molar-refractivity contribution is -0.383. The number of benzene rings is 1. The Morgan fingerprint density at radius 3 is 2.95 bits per heavy atom. The molecule has 2 aromatic rings. The molecule has 0 aliphatic carbocycles. The SMILES string of the molecule is CCN(C)CCNc1c(F)cc([N+](=O)[O-])c2cccnc12. The summed E-state index contributed by atoms with van der Waals surface area (Å²) >= 11 is 0. The molecular formula is C14H17FN4O2. The van der Waals surface area contributed by atoms with Crippen LogP contribution in [0, 0.1) is 15.9 Å². The minimum Gasteiger partial charge on any atom is -0.380 e. The molecule has 0 aliphatic heterocycles. The van der Waals surface area contributed by atoms with Crippen molar-refractivity contribution in [2.24, 2.45) is 0 Å². The molecule has 6 nitrogen and oxygen atoms in total. The number of nitrogens with zero attached hydrogens (tertiary/aromatic N) is 3. The van der Waals surface area contributed by atoms with Gasteiger partial charge in [-0.2, -0.15) is 0 Å². The standard InChI is InChI=1S/C14H17FN4O2/c1-3-18(2)8-7-17-14-11(15)9-12(19(20)21)10-5-4-6-16-13(10)14/h4-6,9,17H,3,7-8H2,1-2H3. The fraction of sp³-hybridized carbons (Fsp3) is 0.357. The van der Waals surface area contributed by atoms with Crippen LogP contribution in [0.1, 0.15) is 6.92 Å². The lowest BCUT2D eigenvalue weighted by Gasteiger charge is -2.15. The summed E-state index contributed by atoms with van der Waals surface area (Å²) in [6.45, 7) is 4.19. The number of nitro groups is 1. The van der Waals surface area contributed by atoms with E-state index in [-0.39, 0.29) is 16.9 Å². The fourth-order valence-corrected chi connectivity index (χ4v) is 2.04. The first-order valence-corrected chi connectivity index (χ1v) is 6.68. The van der Waals surface area contributed by atoms with Gasteiger partial charge in [-0.15, -0.1) is 0 Å². The van der Waals surface area contributed by atoms with Gasteiger partial charge in [0.2, 0.25) is 0 Å². The van der Waals surface area contributed by atoms with E-state index in [1.807, 2.05) is 14.0 Å². The molecule has 1 N–H and O–H groups in total. The predicted octanol–water partition coefficient (Wildman–Crippen LogP) is 2.65. The predicted molar refractivity (Wildman–Crippen MR) is 80.0 cm³/mol. The van der Waals surface area contributed by atoms with E-state index in [1.165, 1.54) is 6.20 Å². The van der Waals surface area contributed by atoms with Crippen molar-refractivity contribution in [2.45, 2.75) is 6.92 Å². The number of nitro benzene ring substituents is 1. The zero-order valence-corrected chi connectivity index (χ0v) is 12.0. The van der Waals surface area contributed by atoms with E-state index in [0.29, 0.717) is 11.9 Å².